The molecule has 0 aliphatic carbocycles. The zero-order chi connectivity index (χ0) is 32.7. The fraction of sp³-hybridized carbons (Fsp3) is 0.621. The Morgan fingerprint density at radius 3 is 1.73 bits per heavy atom. The van der Waals surface area contributed by atoms with Crippen molar-refractivity contribution in [1.29, 1.82) is 0 Å². The van der Waals surface area contributed by atoms with Gasteiger partial charge in [-0.3, -0.25) is 14.4 Å². The molecule has 3 rings (SSSR count). The minimum atomic E-state index is -0.766. The van der Waals surface area contributed by atoms with Crippen molar-refractivity contribution in [3.8, 4) is 0 Å². The van der Waals surface area contributed by atoms with Gasteiger partial charge in [0.2, 0.25) is 0 Å². The Kier molecular flexibility index (Phi) is 15.3. The minimum absolute atomic E-state index is 0. The van der Waals surface area contributed by atoms with E-state index < -0.39 is 29.3 Å². The first-order chi connectivity index (χ1) is 20.0. The van der Waals surface area contributed by atoms with E-state index in [1.54, 1.807) is 41.5 Å². The van der Waals surface area contributed by atoms with E-state index >= 15 is 0 Å². The first-order valence-electron chi connectivity index (χ1n) is 13.7. The Morgan fingerprint density at radius 2 is 1.30 bits per heavy atom. The number of amides is 4. The number of Topliss-reactive ketones (excluding diaryl/α,β-unsaturated/α-hetero) is 1. The molecule has 15 heteroatoms. The van der Waals surface area contributed by atoms with Crippen molar-refractivity contribution in [2.24, 2.45) is 0 Å². The summed E-state index contributed by atoms with van der Waals surface area (Å²) in [6.07, 6.45) is 0.469. The maximum absolute atomic E-state index is 12.5. The summed E-state index contributed by atoms with van der Waals surface area (Å²) in [4.78, 5) is 71.9. The molecule has 0 aromatic carbocycles. The fourth-order valence-corrected chi connectivity index (χ4v) is 7.08. The summed E-state index contributed by atoms with van der Waals surface area (Å²) in [6, 6.07) is 0. The van der Waals surface area contributed by atoms with Crippen molar-refractivity contribution in [3.05, 3.63) is 21.1 Å². The lowest BCUT2D eigenvalue weighted by Crippen LogP contribution is -2.38. The first-order valence-corrected chi connectivity index (χ1v) is 17.9. The van der Waals surface area contributed by atoms with Crippen molar-refractivity contribution in [2.45, 2.75) is 97.7 Å². The number of carbonyl (C=O) groups excluding carboxylic acids is 5. The molecular weight excluding hydrogens is 645 g/mol. The Morgan fingerprint density at radius 1 is 0.795 bits per heavy atom. The van der Waals surface area contributed by atoms with Crippen LogP contribution in [0.4, 0.5) is 9.59 Å². The molecule has 4 amide bonds. The summed E-state index contributed by atoms with van der Waals surface area (Å²) in [5.41, 5.74) is -0.212. The summed E-state index contributed by atoms with van der Waals surface area (Å²) >= 11 is 5.80. The summed E-state index contributed by atoms with van der Waals surface area (Å²) < 4.78 is 11.1. The SMILES string of the molecule is C.CCSC(SCC)=C1C(=O)CN(C(=O)OC(C)(C)C)C1=O.CCSc1nc(SC)nc2c1C(=O)N(C(=O)OC(C)(C)C)C2. The minimum Gasteiger partial charge on any atom is -0.443 e. The third-order valence-corrected chi connectivity index (χ3v) is 8.81. The summed E-state index contributed by atoms with van der Waals surface area (Å²) in [7, 11) is 0. The van der Waals surface area contributed by atoms with Gasteiger partial charge >= 0.3 is 12.2 Å². The van der Waals surface area contributed by atoms with Crippen LogP contribution < -0.4 is 0 Å². The van der Waals surface area contributed by atoms with Crippen molar-refractivity contribution >= 4 is 76.8 Å². The zero-order valence-electron chi connectivity index (χ0n) is 26.3. The number of carbonyl (C=O) groups is 5. The summed E-state index contributed by atoms with van der Waals surface area (Å²) in [6.45, 7) is 16.3. The van der Waals surface area contributed by atoms with Crippen LogP contribution in [0.1, 0.15) is 85.8 Å². The van der Waals surface area contributed by atoms with Gasteiger partial charge in [-0.1, -0.05) is 40.0 Å². The molecule has 0 radical (unpaired) electrons. The smallest absolute Gasteiger partial charge is 0.417 e. The average Bonchev–Trinajstić information content (AvgIpc) is 3.38. The summed E-state index contributed by atoms with van der Waals surface area (Å²) in [5, 5.41) is 1.24. The van der Waals surface area contributed by atoms with Crippen LogP contribution in [0.3, 0.4) is 0 Å². The second kappa shape index (κ2) is 16.9. The van der Waals surface area contributed by atoms with Crippen LogP contribution in [0.25, 0.3) is 0 Å². The van der Waals surface area contributed by atoms with E-state index in [-0.39, 0.29) is 37.8 Å². The van der Waals surface area contributed by atoms with Gasteiger partial charge in [-0.2, -0.15) is 0 Å². The van der Waals surface area contributed by atoms with Crippen LogP contribution >= 0.6 is 47.0 Å². The monoisotopic (exact) mass is 688 g/mol. The van der Waals surface area contributed by atoms with Crippen molar-refractivity contribution in [3.63, 3.8) is 0 Å². The van der Waals surface area contributed by atoms with Crippen molar-refractivity contribution < 1.29 is 33.4 Å². The molecule has 1 fully saturated rings. The van der Waals surface area contributed by atoms with Crippen LogP contribution in [-0.2, 0) is 25.6 Å². The number of hydrogen-bond acceptors (Lipinski definition) is 13. The number of aromatic nitrogens is 2. The molecule has 0 saturated carbocycles. The molecule has 44 heavy (non-hydrogen) atoms. The predicted octanol–water partition coefficient (Wildman–Crippen LogP) is 6.89. The average molecular weight is 689 g/mol. The van der Waals surface area contributed by atoms with Crippen molar-refractivity contribution in [1.82, 2.24) is 19.8 Å². The lowest BCUT2D eigenvalue weighted by Gasteiger charge is -2.23. The maximum Gasteiger partial charge on any atom is 0.417 e. The standard InChI is InChI=1S/C14H19N3O3S2.C14H21NO4S2.CH4/c1-6-22-10-9-8(15-12(16-10)21-5)7-17(11(9)18)13(19)20-14(2,3)4;1-6-20-12(21-7-2)10-9(16)8-15(11(10)17)13(18)19-14(3,4)5;/h6-7H2,1-5H3;6-8H2,1-5H3;1H4. The Balaban J connectivity index is 0.000000431. The quantitative estimate of drug-likeness (QED) is 0.0968. The first kappa shape index (κ1) is 39.8. The number of likely N-dealkylation sites (tertiary alicyclic amines) is 1. The van der Waals surface area contributed by atoms with Crippen LogP contribution in [-0.4, -0.2) is 90.8 Å². The number of hydrogen-bond donors (Lipinski definition) is 0. The second-order valence-corrected chi connectivity index (χ2v) is 15.8. The Bertz CT molecular complexity index is 1280. The normalized spacial score (nSPS) is 14.6. The molecule has 2 aliphatic rings. The lowest BCUT2D eigenvalue weighted by molar-refractivity contribution is -0.124. The molecule has 246 valence electrons. The van der Waals surface area contributed by atoms with Crippen LogP contribution in [0.5, 0.6) is 0 Å². The van der Waals surface area contributed by atoms with Crippen LogP contribution in [0, 0.1) is 0 Å². The van der Waals surface area contributed by atoms with E-state index in [0.717, 1.165) is 27.1 Å². The third-order valence-electron chi connectivity index (χ3n) is 5.18. The fourth-order valence-electron chi connectivity index (χ4n) is 3.61. The Hall–Kier alpha value is -2.23. The maximum atomic E-state index is 12.5. The summed E-state index contributed by atoms with van der Waals surface area (Å²) in [5.74, 6) is 1.07. The van der Waals surface area contributed by atoms with E-state index in [2.05, 4.69) is 9.97 Å². The van der Waals surface area contributed by atoms with E-state index in [1.807, 2.05) is 27.0 Å². The van der Waals surface area contributed by atoms with Gasteiger partial charge in [-0.05, 0) is 65.1 Å². The molecule has 0 atom stereocenters. The lowest BCUT2D eigenvalue weighted by atomic mass is 10.2. The molecule has 0 spiro atoms. The molecule has 0 bridgehead atoms. The number of thioether (sulfide) groups is 4. The largest absolute Gasteiger partial charge is 0.443 e. The highest BCUT2D eigenvalue weighted by Gasteiger charge is 2.42. The molecule has 0 unspecified atom stereocenters. The van der Waals surface area contributed by atoms with E-state index in [0.29, 0.717) is 25.7 Å². The topological polar surface area (TPSA) is 136 Å². The highest BCUT2D eigenvalue weighted by molar-refractivity contribution is 8.22. The van der Waals surface area contributed by atoms with Gasteiger partial charge in [-0.15, -0.1) is 35.3 Å². The van der Waals surface area contributed by atoms with Crippen molar-refractivity contribution in [2.75, 3.05) is 30.1 Å². The van der Waals surface area contributed by atoms with Crippen LogP contribution in [0.2, 0.25) is 0 Å². The highest BCUT2D eigenvalue weighted by atomic mass is 32.2. The van der Waals surface area contributed by atoms with E-state index in [4.69, 9.17) is 9.47 Å². The third kappa shape index (κ3) is 10.7. The molecular formula is C29H44N4O7S4. The molecule has 1 saturated heterocycles. The predicted molar refractivity (Wildman–Crippen MR) is 179 cm³/mol. The number of ether oxygens (including phenoxy) is 2. The Labute approximate surface area is 277 Å². The second-order valence-electron chi connectivity index (χ2n) is 11.0. The molecule has 1 aromatic heterocycles. The van der Waals surface area contributed by atoms with E-state index in [9.17, 15) is 24.0 Å². The van der Waals surface area contributed by atoms with Crippen LogP contribution in [0.15, 0.2) is 20.0 Å². The number of nitrogens with zero attached hydrogens (tertiary/aromatic N) is 4. The molecule has 1 aromatic rings. The van der Waals surface area contributed by atoms with Gasteiger partial charge < -0.3 is 9.47 Å². The van der Waals surface area contributed by atoms with Gasteiger partial charge in [0.1, 0.15) is 21.8 Å². The van der Waals surface area contributed by atoms with Gasteiger partial charge in [0.25, 0.3) is 11.8 Å². The molecule has 0 N–H and O–H groups in total. The van der Waals surface area contributed by atoms with Gasteiger partial charge in [0.15, 0.2) is 10.9 Å². The van der Waals surface area contributed by atoms with Gasteiger partial charge in [0.05, 0.1) is 28.6 Å². The number of ketones is 1. The molecule has 3 heterocycles. The van der Waals surface area contributed by atoms with E-state index in [1.165, 1.54) is 47.0 Å². The zero-order valence-corrected chi connectivity index (χ0v) is 29.6. The number of fused-ring (bicyclic) bond motifs is 1. The highest BCUT2D eigenvalue weighted by Crippen LogP contribution is 2.35. The van der Waals surface area contributed by atoms with Gasteiger partial charge in [-0.25, -0.2) is 29.4 Å². The number of imide groups is 2. The number of rotatable bonds is 7. The molecule has 11 nitrogen and oxygen atoms in total. The van der Waals surface area contributed by atoms with Gasteiger partial charge in [0, 0.05) is 0 Å². The molecule has 2 aliphatic heterocycles.